The van der Waals surface area contributed by atoms with Crippen molar-refractivity contribution in [1.29, 1.82) is 0 Å². The lowest BCUT2D eigenvalue weighted by molar-refractivity contribution is 0.200. The van der Waals surface area contributed by atoms with Gasteiger partial charge < -0.3 is 5.11 Å². The van der Waals surface area contributed by atoms with E-state index in [-0.39, 0.29) is 5.69 Å². The van der Waals surface area contributed by atoms with E-state index in [1.165, 1.54) is 13.0 Å². The predicted molar refractivity (Wildman–Crippen MR) is 63.5 cm³/mol. The van der Waals surface area contributed by atoms with E-state index in [9.17, 15) is 13.5 Å². The summed E-state index contributed by atoms with van der Waals surface area (Å²) in [4.78, 5) is 2.47. The van der Waals surface area contributed by atoms with E-state index >= 15 is 0 Å². The van der Waals surface area contributed by atoms with Crippen molar-refractivity contribution in [2.45, 2.75) is 13.0 Å². The molecule has 0 heterocycles. The lowest BCUT2D eigenvalue weighted by Crippen LogP contribution is -2.24. The summed E-state index contributed by atoms with van der Waals surface area (Å²) >= 11 is 0. The molecule has 0 spiro atoms. The first-order valence-corrected chi connectivity index (χ1v) is 6.55. The smallest absolute Gasteiger partial charge is 0.305 e. The number of hydrogen-bond acceptors (Lipinski definition) is 4. The molecule has 0 saturated carbocycles. The van der Waals surface area contributed by atoms with Crippen molar-refractivity contribution in [3.8, 4) is 0 Å². The van der Waals surface area contributed by atoms with Gasteiger partial charge in [0.15, 0.2) is 5.69 Å². The van der Waals surface area contributed by atoms with E-state index in [0.717, 1.165) is 6.26 Å². The lowest BCUT2D eigenvalue weighted by Gasteiger charge is -2.15. The maximum absolute atomic E-state index is 11.5. The first kappa shape index (κ1) is 13.3. The van der Waals surface area contributed by atoms with Gasteiger partial charge in [-0.15, -0.1) is 9.95 Å². The second kappa shape index (κ2) is 5.05. The number of benzene rings is 1. The van der Waals surface area contributed by atoms with E-state index in [1.807, 2.05) is 0 Å². The summed E-state index contributed by atoms with van der Waals surface area (Å²) in [6.45, 7) is 1.50. The van der Waals surface area contributed by atoms with Gasteiger partial charge in [0, 0.05) is 10.8 Å². The van der Waals surface area contributed by atoms with Gasteiger partial charge in [0.05, 0.1) is 12.4 Å². The van der Waals surface area contributed by atoms with Crippen LogP contribution in [-0.4, -0.2) is 19.8 Å². The zero-order valence-corrected chi connectivity index (χ0v) is 10.2. The highest BCUT2D eigenvalue weighted by Gasteiger charge is 2.25. The van der Waals surface area contributed by atoms with Crippen molar-refractivity contribution >= 4 is 15.7 Å². The van der Waals surface area contributed by atoms with Crippen LogP contribution in [0.25, 0.3) is 10.4 Å². The van der Waals surface area contributed by atoms with Crippen LogP contribution >= 0.6 is 0 Å². The topological polar surface area (TPSA) is 106 Å². The predicted octanol–water partition coefficient (Wildman–Crippen LogP) is 1.73. The first-order valence-electron chi connectivity index (χ1n) is 4.70. The molecule has 92 valence electrons. The Morgan fingerprint density at radius 1 is 1.47 bits per heavy atom. The van der Waals surface area contributed by atoms with Crippen molar-refractivity contribution < 1.29 is 13.5 Å². The molecule has 7 nitrogen and oxygen atoms in total. The fraction of sp³-hybridized carbons (Fsp3) is 0.333. The molecular formula is C9H12N4O3S. The van der Waals surface area contributed by atoms with Gasteiger partial charge in [0.1, 0.15) is 0 Å². The number of para-hydroxylation sites is 1. The van der Waals surface area contributed by atoms with Gasteiger partial charge in [-0.25, -0.2) is 0 Å². The average Bonchev–Trinajstić information content (AvgIpc) is 2.24. The molecule has 0 aliphatic rings. The van der Waals surface area contributed by atoms with Crippen LogP contribution in [-0.2, 0) is 10.0 Å². The van der Waals surface area contributed by atoms with Crippen molar-refractivity contribution in [3.05, 3.63) is 40.3 Å². The quantitative estimate of drug-likeness (QED) is 0.383. The maximum Gasteiger partial charge on any atom is 0.305 e. The minimum atomic E-state index is -3.73. The molecule has 1 rings (SSSR count). The molecule has 0 aromatic heterocycles. The molecule has 0 saturated heterocycles. The Morgan fingerprint density at radius 3 is 2.53 bits per heavy atom. The van der Waals surface area contributed by atoms with Gasteiger partial charge in [-0.1, -0.05) is 18.2 Å². The fourth-order valence-corrected chi connectivity index (χ4v) is 2.03. The van der Waals surface area contributed by atoms with Crippen molar-refractivity contribution in [1.82, 2.24) is 0 Å². The molecule has 0 aliphatic heterocycles. The summed E-state index contributed by atoms with van der Waals surface area (Å²) in [6, 6.07) is 6.26. The fourth-order valence-electron chi connectivity index (χ4n) is 1.34. The molecule has 1 aromatic carbocycles. The molecule has 1 N–H and O–H groups in total. The molecule has 1 aromatic rings. The van der Waals surface area contributed by atoms with E-state index in [0.29, 0.717) is 9.98 Å². The molecular weight excluding hydrogens is 244 g/mol. The van der Waals surface area contributed by atoms with Crippen LogP contribution in [0.4, 0.5) is 5.69 Å². The van der Waals surface area contributed by atoms with Crippen LogP contribution < -0.4 is 4.41 Å². The SMILES string of the molecule is C[C@@H](O)c1ccccc1N(N=[N+]=[N-])S(C)(=O)=O. The molecule has 0 bridgehead atoms. The molecule has 8 heteroatoms. The van der Waals surface area contributed by atoms with Gasteiger partial charge in [0.2, 0.25) is 0 Å². The third-order valence-electron chi connectivity index (χ3n) is 2.03. The van der Waals surface area contributed by atoms with Crippen LogP contribution in [0.15, 0.2) is 29.5 Å². The maximum atomic E-state index is 11.5. The number of anilines is 1. The Labute approximate surface area is 98.9 Å². The molecule has 1 atom stereocenters. The number of sulfonamides is 1. The molecule has 17 heavy (non-hydrogen) atoms. The van der Waals surface area contributed by atoms with Crippen molar-refractivity contribution in [2.24, 2.45) is 5.22 Å². The Bertz CT molecular complexity index is 549. The van der Waals surface area contributed by atoms with Gasteiger partial charge in [-0.3, -0.25) is 0 Å². The Kier molecular flexibility index (Phi) is 3.95. The molecule has 0 radical (unpaired) electrons. The second-order valence-electron chi connectivity index (χ2n) is 3.42. The minimum Gasteiger partial charge on any atom is -0.389 e. The molecule has 0 aliphatic carbocycles. The van der Waals surface area contributed by atoms with Gasteiger partial charge >= 0.3 is 10.0 Å². The molecule has 0 fully saturated rings. The highest BCUT2D eigenvalue weighted by Crippen LogP contribution is 2.28. The van der Waals surface area contributed by atoms with Crippen LogP contribution in [0, 0.1) is 0 Å². The van der Waals surface area contributed by atoms with Crippen molar-refractivity contribution in [3.63, 3.8) is 0 Å². The Hall–Kier alpha value is -1.76. The summed E-state index contributed by atoms with van der Waals surface area (Å²) in [7, 11) is -3.73. The highest BCUT2D eigenvalue weighted by atomic mass is 32.2. The highest BCUT2D eigenvalue weighted by molar-refractivity contribution is 7.92. The Balaban J connectivity index is 3.44. The third kappa shape index (κ3) is 3.10. The lowest BCUT2D eigenvalue weighted by atomic mass is 10.1. The van der Waals surface area contributed by atoms with E-state index in [4.69, 9.17) is 5.53 Å². The summed E-state index contributed by atoms with van der Waals surface area (Å²) in [6.07, 6.45) is 0.0462. The van der Waals surface area contributed by atoms with Gasteiger partial charge in [0.25, 0.3) is 0 Å². The number of hydrogen-bond donors (Lipinski definition) is 1. The van der Waals surface area contributed by atoms with E-state index in [2.05, 4.69) is 10.1 Å². The largest absolute Gasteiger partial charge is 0.389 e. The summed E-state index contributed by atoms with van der Waals surface area (Å²) in [5.41, 5.74) is 8.89. The number of nitrogens with zero attached hydrogens (tertiary/aromatic N) is 4. The summed E-state index contributed by atoms with van der Waals surface area (Å²) in [5.74, 6) is 0. The molecule has 0 amide bonds. The average molecular weight is 256 g/mol. The van der Waals surface area contributed by atoms with Crippen LogP contribution in [0.3, 0.4) is 0 Å². The summed E-state index contributed by atoms with van der Waals surface area (Å²) in [5, 5.41) is 12.7. The summed E-state index contributed by atoms with van der Waals surface area (Å²) < 4.78 is 23.5. The zero-order chi connectivity index (χ0) is 13.1. The van der Waals surface area contributed by atoms with E-state index in [1.54, 1.807) is 18.2 Å². The van der Waals surface area contributed by atoms with Crippen molar-refractivity contribution in [2.75, 3.05) is 10.7 Å². The normalized spacial score (nSPS) is 12.6. The molecule has 0 unspecified atom stereocenters. The van der Waals surface area contributed by atoms with Gasteiger partial charge in [-0.05, 0) is 13.0 Å². The number of azide groups is 1. The number of aliphatic hydroxyl groups excluding tert-OH is 1. The minimum absolute atomic E-state index is 0.141. The number of aliphatic hydroxyl groups is 1. The zero-order valence-electron chi connectivity index (χ0n) is 9.35. The van der Waals surface area contributed by atoms with E-state index < -0.39 is 16.1 Å². The number of rotatable bonds is 4. The first-order chi connectivity index (χ1) is 7.88. The monoisotopic (exact) mass is 256 g/mol. The van der Waals surface area contributed by atoms with Crippen LogP contribution in [0.5, 0.6) is 0 Å². The standard InChI is InChI=1S/C9H12N4O3S/c1-7(14)8-5-3-4-6-9(8)13(12-11-10)17(2,15)16/h3-7,14H,1-2H3/t7-/m1/s1. The second-order valence-corrected chi connectivity index (χ2v) is 5.23. The van der Waals surface area contributed by atoms with Crippen LogP contribution in [0.2, 0.25) is 0 Å². The Morgan fingerprint density at radius 2 is 2.06 bits per heavy atom. The third-order valence-corrected chi connectivity index (χ3v) is 2.93. The van der Waals surface area contributed by atoms with Crippen LogP contribution in [0.1, 0.15) is 18.6 Å². The van der Waals surface area contributed by atoms with Gasteiger partial charge in [-0.2, -0.15) is 13.3 Å².